The van der Waals surface area contributed by atoms with Gasteiger partial charge in [-0.1, -0.05) is 78.0 Å². The molecule has 3 nitrogen and oxygen atoms in total. The van der Waals surface area contributed by atoms with Crippen molar-refractivity contribution in [2.75, 3.05) is 0 Å². The van der Waals surface area contributed by atoms with E-state index in [1.807, 2.05) is 42.5 Å². The Morgan fingerprint density at radius 2 is 1.53 bits per heavy atom. The largest absolute Gasteiger partial charge is 0.426 e. The van der Waals surface area contributed by atoms with Crippen molar-refractivity contribution in [1.29, 1.82) is 0 Å². The standard InChI is InChI=1S/C23H13F3N2OS/c24-23(25,26)20-18(15-7-2-1-3-8-15)13-19(30-20)22-27-21(28-29-22)17-12-6-10-14-9-4-5-11-16(14)17/h1-13H. The van der Waals surface area contributed by atoms with Crippen LogP contribution in [0, 0.1) is 0 Å². The second kappa shape index (κ2) is 7.11. The summed E-state index contributed by atoms with van der Waals surface area (Å²) in [6.45, 7) is 0. The van der Waals surface area contributed by atoms with Gasteiger partial charge in [-0.15, -0.1) is 11.3 Å². The number of alkyl halides is 3. The van der Waals surface area contributed by atoms with Crippen molar-refractivity contribution in [3.8, 4) is 33.3 Å². The van der Waals surface area contributed by atoms with Crippen molar-refractivity contribution in [2.45, 2.75) is 6.18 Å². The molecule has 0 atom stereocenters. The summed E-state index contributed by atoms with van der Waals surface area (Å²) in [5, 5.41) is 5.99. The molecule has 2 aromatic heterocycles. The molecule has 0 spiro atoms. The van der Waals surface area contributed by atoms with E-state index in [2.05, 4.69) is 10.1 Å². The van der Waals surface area contributed by atoms with Crippen molar-refractivity contribution in [1.82, 2.24) is 10.1 Å². The minimum atomic E-state index is -4.48. The van der Waals surface area contributed by atoms with Crippen molar-refractivity contribution in [3.05, 3.63) is 83.7 Å². The molecule has 3 aromatic carbocycles. The summed E-state index contributed by atoms with van der Waals surface area (Å²) in [7, 11) is 0. The van der Waals surface area contributed by atoms with Crippen LogP contribution in [0.2, 0.25) is 0 Å². The first-order valence-corrected chi connectivity index (χ1v) is 9.91. The summed E-state index contributed by atoms with van der Waals surface area (Å²) in [5.74, 6) is 0.403. The zero-order chi connectivity index (χ0) is 20.7. The lowest BCUT2D eigenvalue weighted by Gasteiger charge is -2.07. The lowest BCUT2D eigenvalue weighted by molar-refractivity contribution is -0.133. The summed E-state index contributed by atoms with van der Waals surface area (Å²) >= 11 is 0.605. The highest BCUT2D eigenvalue weighted by Gasteiger charge is 2.37. The van der Waals surface area contributed by atoms with Gasteiger partial charge < -0.3 is 4.52 Å². The number of aromatic nitrogens is 2. The molecule has 5 rings (SSSR count). The van der Waals surface area contributed by atoms with Gasteiger partial charge in [0.1, 0.15) is 4.88 Å². The third-order valence-electron chi connectivity index (χ3n) is 4.74. The van der Waals surface area contributed by atoms with Crippen LogP contribution in [0.1, 0.15) is 4.88 Å². The molecule has 0 saturated carbocycles. The molecule has 0 unspecified atom stereocenters. The topological polar surface area (TPSA) is 38.9 Å². The normalized spacial score (nSPS) is 11.8. The molecule has 0 fully saturated rings. The molecule has 0 bridgehead atoms. The number of nitrogens with zero attached hydrogens (tertiary/aromatic N) is 2. The first kappa shape index (κ1) is 18.6. The number of halogens is 3. The smallest absolute Gasteiger partial charge is 0.333 e. The fraction of sp³-hybridized carbons (Fsp3) is 0.0435. The molecule has 148 valence electrons. The third kappa shape index (κ3) is 3.27. The van der Waals surface area contributed by atoms with Gasteiger partial charge in [-0.05, 0) is 22.4 Å². The highest BCUT2D eigenvalue weighted by atomic mass is 32.1. The predicted octanol–water partition coefficient (Wildman–Crippen LogP) is 7.30. The highest BCUT2D eigenvalue weighted by Crippen LogP contribution is 2.45. The van der Waals surface area contributed by atoms with E-state index >= 15 is 0 Å². The van der Waals surface area contributed by atoms with Crippen LogP contribution in [-0.4, -0.2) is 10.1 Å². The quantitative estimate of drug-likeness (QED) is 0.306. The lowest BCUT2D eigenvalue weighted by Crippen LogP contribution is -2.03. The summed E-state index contributed by atoms with van der Waals surface area (Å²) in [6.07, 6.45) is -4.48. The first-order valence-electron chi connectivity index (χ1n) is 9.09. The molecule has 30 heavy (non-hydrogen) atoms. The molecule has 0 radical (unpaired) electrons. The highest BCUT2D eigenvalue weighted by molar-refractivity contribution is 7.16. The summed E-state index contributed by atoms with van der Waals surface area (Å²) in [6, 6.07) is 23.4. The van der Waals surface area contributed by atoms with Crippen LogP contribution in [0.5, 0.6) is 0 Å². The van der Waals surface area contributed by atoms with E-state index in [0.717, 1.165) is 16.3 Å². The van der Waals surface area contributed by atoms with E-state index in [0.29, 0.717) is 22.7 Å². The Hall–Kier alpha value is -3.45. The van der Waals surface area contributed by atoms with E-state index < -0.39 is 11.1 Å². The van der Waals surface area contributed by atoms with E-state index in [1.54, 1.807) is 30.3 Å². The van der Waals surface area contributed by atoms with Crippen LogP contribution in [-0.2, 0) is 6.18 Å². The maximum Gasteiger partial charge on any atom is 0.426 e. The zero-order valence-electron chi connectivity index (χ0n) is 15.4. The SMILES string of the molecule is FC(F)(F)c1sc(-c2nc(-c3cccc4ccccc34)no2)cc1-c1ccccc1. The summed E-state index contributed by atoms with van der Waals surface area (Å²) in [5.41, 5.74) is 1.35. The van der Waals surface area contributed by atoms with Crippen LogP contribution < -0.4 is 0 Å². The fourth-order valence-electron chi connectivity index (χ4n) is 3.39. The molecular formula is C23H13F3N2OS. The number of benzene rings is 3. The van der Waals surface area contributed by atoms with Crippen LogP contribution in [0.4, 0.5) is 13.2 Å². The van der Waals surface area contributed by atoms with Crippen LogP contribution in [0.15, 0.2) is 83.4 Å². The Morgan fingerprint density at radius 3 is 2.33 bits per heavy atom. The average molecular weight is 422 g/mol. The van der Waals surface area contributed by atoms with Gasteiger partial charge in [-0.25, -0.2) is 0 Å². The number of fused-ring (bicyclic) bond motifs is 1. The molecule has 0 aliphatic rings. The number of rotatable bonds is 3. The fourth-order valence-corrected chi connectivity index (χ4v) is 4.36. The molecule has 0 aliphatic carbocycles. The van der Waals surface area contributed by atoms with Gasteiger partial charge in [0, 0.05) is 11.1 Å². The molecular weight excluding hydrogens is 409 g/mol. The molecule has 0 saturated heterocycles. The third-order valence-corrected chi connectivity index (χ3v) is 5.91. The maximum absolute atomic E-state index is 13.7. The summed E-state index contributed by atoms with van der Waals surface area (Å²) < 4.78 is 46.3. The minimum absolute atomic E-state index is 0.0654. The van der Waals surface area contributed by atoms with E-state index in [4.69, 9.17) is 4.52 Å². The van der Waals surface area contributed by atoms with E-state index in [9.17, 15) is 13.2 Å². The molecule has 0 aliphatic heterocycles. The zero-order valence-corrected chi connectivity index (χ0v) is 16.2. The van der Waals surface area contributed by atoms with Crippen molar-refractivity contribution in [2.24, 2.45) is 0 Å². The Labute approximate surface area is 173 Å². The Morgan fingerprint density at radius 1 is 0.800 bits per heavy atom. The number of hydrogen-bond donors (Lipinski definition) is 0. The molecule has 2 heterocycles. The van der Waals surface area contributed by atoms with Gasteiger partial charge in [0.25, 0.3) is 5.89 Å². The molecule has 7 heteroatoms. The maximum atomic E-state index is 13.7. The minimum Gasteiger partial charge on any atom is -0.333 e. The molecule has 0 N–H and O–H groups in total. The van der Waals surface area contributed by atoms with Gasteiger partial charge in [0.2, 0.25) is 5.82 Å². The van der Waals surface area contributed by atoms with E-state index in [-0.39, 0.29) is 16.3 Å². The van der Waals surface area contributed by atoms with Gasteiger partial charge in [0.05, 0.1) is 4.88 Å². The predicted molar refractivity (Wildman–Crippen MR) is 111 cm³/mol. The summed E-state index contributed by atoms with van der Waals surface area (Å²) in [4.78, 5) is 3.99. The Balaban J connectivity index is 1.61. The molecule has 5 aromatic rings. The van der Waals surface area contributed by atoms with Crippen LogP contribution >= 0.6 is 11.3 Å². The lowest BCUT2D eigenvalue weighted by atomic mass is 10.0. The second-order valence-electron chi connectivity index (χ2n) is 6.67. The van der Waals surface area contributed by atoms with Crippen molar-refractivity contribution >= 4 is 22.1 Å². The van der Waals surface area contributed by atoms with Crippen molar-refractivity contribution < 1.29 is 17.7 Å². The van der Waals surface area contributed by atoms with Gasteiger partial charge in [0.15, 0.2) is 0 Å². The van der Waals surface area contributed by atoms with Crippen LogP contribution in [0.3, 0.4) is 0 Å². The Bertz CT molecular complexity index is 1330. The van der Waals surface area contributed by atoms with Crippen molar-refractivity contribution in [3.63, 3.8) is 0 Å². The monoisotopic (exact) mass is 422 g/mol. The first-order chi connectivity index (χ1) is 14.5. The molecule has 0 amide bonds. The second-order valence-corrected chi connectivity index (χ2v) is 7.72. The van der Waals surface area contributed by atoms with Gasteiger partial charge in [-0.3, -0.25) is 0 Å². The number of hydrogen-bond acceptors (Lipinski definition) is 4. The number of thiophene rings is 1. The van der Waals surface area contributed by atoms with Crippen LogP contribution in [0.25, 0.3) is 44.1 Å². The Kier molecular flexibility index (Phi) is 4.40. The van der Waals surface area contributed by atoms with E-state index in [1.165, 1.54) is 6.07 Å². The average Bonchev–Trinajstić information content (AvgIpc) is 3.41. The van der Waals surface area contributed by atoms with Gasteiger partial charge >= 0.3 is 6.18 Å². The van der Waals surface area contributed by atoms with Gasteiger partial charge in [-0.2, -0.15) is 18.2 Å².